The van der Waals surface area contributed by atoms with Crippen LogP contribution in [-0.2, 0) is 5.41 Å². The van der Waals surface area contributed by atoms with Gasteiger partial charge in [-0.15, -0.1) is 0 Å². The SMILES string of the molecule is c1ccc(-c2cc(-c3ccccc3)cc(-c3nc(-c4cc(-c5ccccc5)cc(-c5ccccc5)c4)nc(-c4ccc5c(c4)C4(c6ccccc6-c6ccccc64)c4cc(-c6nc(-c7cc(-c8ccccc8)cc(-c8ccccc8)c7)nc(-c7cc(-c8ccccc8)cc(-c8ccccc8)c7)n6)ccc4-5)n3)c2)cc1. The predicted molar refractivity (Wildman–Crippen MR) is 446 cm³/mol. The Morgan fingerprint density at radius 2 is 0.294 bits per heavy atom. The van der Waals surface area contributed by atoms with Crippen LogP contribution in [0, 0.1) is 0 Å². The van der Waals surface area contributed by atoms with Crippen molar-refractivity contribution >= 4 is 0 Å². The van der Waals surface area contributed by atoms with E-state index >= 15 is 0 Å². The monoisotopic (exact) mass is 1390 g/mol. The minimum absolute atomic E-state index is 0.552. The number of hydrogen-bond acceptors (Lipinski definition) is 6. The van der Waals surface area contributed by atoms with Crippen LogP contribution in [0.1, 0.15) is 22.3 Å². The molecule has 6 heteroatoms. The Balaban J connectivity index is 0.809. The first-order chi connectivity index (χ1) is 53.9. The molecule has 0 N–H and O–H groups in total. The molecule has 508 valence electrons. The van der Waals surface area contributed by atoms with Gasteiger partial charge in [0, 0.05) is 33.4 Å². The summed E-state index contributed by atoms with van der Waals surface area (Å²) in [5, 5.41) is 0. The Labute approximate surface area is 633 Å². The third-order valence-corrected chi connectivity index (χ3v) is 21.5. The number of rotatable bonds is 14. The largest absolute Gasteiger partial charge is 0.208 e. The standard InChI is InChI=1S/C103H66N6/c1-9-29-67(30-10-1)77-53-78(68-31-11-2-12-32-68)58-85(57-77)99-104-97(105-100(108-99)86-59-79(69-33-13-3-14-34-69)54-80(60-86)70-35-15-4-16-36-70)75-49-51-91-92-52-50-76(66-96(92)103(95(91)65-75)93-47-27-25-45-89(93)90-46-26-28-48-94(90)103)98-106-101(87-61-81(71-37-17-5-18-38-71)55-82(62-87)72-39-19-6-20-40-72)109-102(107-98)88-63-83(73-41-21-7-22-42-73)56-84(64-88)74-43-23-8-24-44-74/h1-66H. The van der Waals surface area contributed by atoms with E-state index in [1.165, 1.54) is 22.3 Å². The van der Waals surface area contributed by atoms with E-state index in [1.807, 2.05) is 0 Å². The van der Waals surface area contributed by atoms with Crippen LogP contribution in [0.2, 0.25) is 0 Å². The molecule has 0 aliphatic heterocycles. The lowest BCUT2D eigenvalue weighted by Crippen LogP contribution is -2.26. The van der Waals surface area contributed by atoms with E-state index in [0.29, 0.717) is 34.9 Å². The van der Waals surface area contributed by atoms with Crippen molar-refractivity contribution in [2.24, 2.45) is 0 Å². The minimum Gasteiger partial charge on any atom is -0.208 e. The highest BCUT2D eigenvalue weighted by Crippen LogP contribution is 2.63. The maximum atomic E-state index is 5.67. The lowest BCUT2D eigenvalue weighted by molar-refractivity contribution is 0.794. The van der Waals surface area contributed by atoms with Gasteiger partial charge in [0.15, 0.2) is 34.9 Å². The lowest BCUT2D eigenvalue weighted by Gasteiger charge is -2.31. The van der Waals surface area contributed by atoms with E-state index in [4.69, 9.17) is 29.9 Å². The van der Waals surface area contributed by atoms with Crippen LogP contribution in [0.15, 0.2) is 400 Å². The van der Waals surface area contributed by atoms with Crippen LogP contribution in [0.3, 0.4) is 0 Å². The summed E-state index contributed by atoms with van der Waals surface area (Å²) in [6.45, 7) is 0. The van der Waals surface area contributed by atoms with Crippen LogP contribution in [0.4, 0.5) is 0 Å². The molecule has 6 nitrogen and oxygen atoms in total. The second-order valence-electron chi connectivity index (χ2n) is 28.1. The van der Waals surface area contributed by atoms with Gasteiger partial charge in [0.25, 0.3) is 0 Å². The van der Waals surface area contributed by atoms with E-state index < -0.39 is 5.41 Å². The number of aromatic nitrogens is 6. The van der Waals surface area contributed by atoms with Gasteiger partial charge in [0.1, 0.15) is 0 Å². The zero-order valence-corrected chi connectivity index (χ0v) is 59.3. The fourth-order valence-corrected chi connectivity index (χ4v) is 16.3. The Morgan fingerprint density at radius 1 is 0.119 bits per heavy atom. The van der Waals surface area contributed by atoms with Crippen molar-refractivity contribution in [3.8, 4) is 180 Å². The fourth-order valence-electron chi connectivity index (χ4n) is 16.3. The highest BCUT2D eigenvalue weighted by atomic mass is 15.0. The zero-order chi connectivity index (χ0) is 72.2. The van der Waals surface area contributed by atoms with Crippen LogP contribution >= 0.6 is 0 Å². The highest BCUT2D eigenvalue weighted by Gasteiger charge is 2.52. The van der Waals surface area contributed by atoms with Crippen molar-refractivity contribution in [2.75, 3.05) is 0 Å². The van der Waals surface area contributed by atoms with Gasteiger partial charge < -0.3 is 0 Å². The number of hydrogen-bond donors (Lipinski definition) is 0. The van der Waals surface area contributed by atoms with Crippen molar-refractivity contribution in [3.05, 3.63) is 423 Å². The molecule has 0 unspecified atom stereocenters. The summed E-state index contributed by atoms with van der Waals surface area (Å²) in [6, 6.07) is 143. The highest BCUT2D eigenvalue weighted by molar-refractivity contribution is 5.97. The summed E-state index contributed by atoms with van der Waals surface area (Å²) in [7, 11) is 0. The van der Waals surface area contributed by atoms with Crippen LogP contribution in [0.25, 0.3) is 180 Å². The Bertz CT molecular complexity index is 5570. The second-order valence-corrected chi connectivity index (χ2v) is 28.1. The van der Waals surface area contributed by atoms with Crippen molar-refractivity contribution in [1.29, 1.82) is 0 Å². The van der Waals surface area contributed by atoms with Crippen molar-refractivity contribution in [2.45, 2.75) is 5.41 Å². The van der Waals surface area contributed by atoms with Crippen LogP contribution in [0.5, 0.6) is 0 Å². The van der Waals surface area contributed by atoms with Gasteiger partial charge in [0.2, 0.25) is 0 Å². The molecule has 0 saturated carbocycles. The second kappa shape index (κ2) is 27.2. The molecular weight excluding hydrogens is 1320 g/mol. The molecule has 2 aromatic heterocycles. The van der Waals surface area contributed by atoms with Gasteiger partial charge in [-0.3, -0.25) is 0 Å². The third-order valence-electron chi connectivity index (χ3n) is 21.5. The van der Waals surface area contributed by atoms with E-state index in [9.17, 15) is 0 Å². The predicted octanol–water partition coefficient (Wildman–Crippen LogP) is 25.7. The summed E-state index contributed by atoms with van der Waals surface area (Å²) in [6.07, 6.45) is 0. The minimum atomic E-state index is -0.826. The number of benzene rings is 16. The lowest BCUT2D eigenvalue weighted by atomic mass is 9.70. The van der Waals surface area contributed by atoms with Crippen molar-refractivity contribution in [1.82, 2.24) is 29.9 Å². The molecule has 0 bridgehead atoms. The molecule has 0 atom stereocenters. The summed E-state index contributed by atoms with van der Waals surface area (Å²) < 4.78 is 0. The summed E-state index contributed by atoms with van der Waals surface area (Å²) >= 11 is 0. The molecule has 18 aromatic rings. The normalized spacial score (nSPS) is 12.1. The van der Waals surface area contributed by atoms with Crippen molar-refractivity contribution in [3.63, 3.8) is 0 Å². The van der Waals surface area contributed by atoms with Crippen LogP contribution in [-0.4, -0.2) is 29.9 Å². The van der Waals surface area contributed by atoms with E-state index in [0.717, 1.165) is 145 Å². The smallest absolute Gasteiger partial charge is 0.164 e. The number of nitrogens with zero attached hydrogens (tertiary/aromatic N) is 6. The van der Waals surface area contributed by atoms with E-state index in [2.05, 4.69) is 400 Å². The number of fused-ring (bicyclic) bond motifs is 10. The van der Waals surface area contributed by atoms with Gasteiger partial charge in [-0.2, -0.15) is 0 Å². The first-order valence-electron chi connectivity index (χ1n) is 37.0. The molecular formula is C103H66N6. The summed E-state index contributed by atoms with van der Waals surface area (Å²) in [5.74, 6) is 3.34. The molecule has 1 spiro atoms. The molecule has 2 aliphatic rings. The molecule has 0 fully saturated rings. The van der Waals surface area contributed by atoms with Gasteiger partial charge in [-0.25, -0.2) is 29.9 Å². The van der Waals surface area contributed by atoms with Gasteiger partial charge in [0.05, 0.1) is 5.41 Å². The summed E-state index contributed by atoms with van der Waals surface area (Å²) in [5.41, 5.74) is 30.8. The van der Waals surface area contributed by atoms with E-state index in [1.54, 1.807) is 0 Å². The van der Waals surface area contributed by atoms with Gasteiger partial charge in [-0.05, 0) is 218 Å². The topological polar surface area (TPSA) is 77.3 Å². The van der Waals surface area contributed by atoms with Gasteiger partial charge >= 0.3 is 0 Å². The Hall–Kier alpha value is -14.5. The Kier molecular flexibility index (Phi) is 16.0. The molecule has 2 aliphatic carbocycles. The first kappa shape index (κ1) is 64.2. The van der Waals surface area contributed by atoms with Crippen LogP contribution < -0.4 is 0 Å². The quantitative estimate of drug-likeness (QED) is 0.108. The fraction of sp³-hybridized carbons (Fsp3) is 0.00971. The van der Waals surface area contributed by atoms with Gasteiger partial charge in [-0.1, -0.05) is 315 Å². The molecule has 0 saturated heterocycles. The maximum absolute atomic E-state index is 5.67. The molecule has 16 aromatic carbocycles. The average molecular weight is 1390 g/mol. The molecule has 0 amide bonds. The molecule has 2 heterocycles. The maximum Gasteiger partial charge on any atom is 0.164 e. The average Bonchev–Trinajstić information content (AvgIpc) is 1.51. The molecule has 0 radical (unpaired) electrons. The molecule has 109 heavy (non-hydrogen) atoms. The first-order valence-corrected chi connectivity index (χ1v) is 37.0. The summed E-state index contributed by atoms with van der Waals surface area (Å²) in [4.78, 5) is 33.9. The Morgan fingerprint density at radius 3 is 0.514 bits per heavy atom. The van der Waals surface area contributed by atoms with E-state index in [-0.39, 0.29) is 0 Å². The third kappa shape index (κ3) is 11.8. The zero-order valence-electron chi connectivity index (χ0n) is 59.3. The molecule has 20 rings (SSSR count). The van der Waals surface area contributed by atoms with Crippen molar-refractivity contribution < 1.29 is 0 Å².